The van der Waals surface area contributed by atoms with Crippen LogP contribution in [0.25, 0.3) is 11.3 Å². The number of aromatic nitrogens is 2. The van der Waals surface area contributed by atoms with E-state index in [0.29, 0.717) is 11.6 Å². The van der Waals surface area contributed by atoms with E-state index in [4.69, 9.17) is 10.5 Å². The zero-order valence-corrected chi connectivity index (χ0v) is 11.2. The van der Waals surface area contributed by atoms with Gasteiger partial charge >= 0.3 is 0 Å². The molecule has 2 heterocycles. The second-order valence-corrected chi connectivity index (χ2v) is 4.88. The Hall–Kier alpha value is -2.10. The van der Waals surface area contributed by atoms with Crippen LogP contribution in [0.1, 0.15) is 23.4 Å². The van der Waals surface area contributed by atoms with Crippen molar-refractivity contribution in [2.24, 2.45) is 0 Å². The quantitative estimate of drug-likeness (QED) is 0.851. The van der Waals surface area contributed by atoms with Gasteiger partial charge in [-0.25, -0.2) is 9.97 Å². The summed E-state index contributed by atoms with van der Waals surface area (Å²) in [7, 11) is 0. The average molecular weight is 255 g/mol. The molecule has 0 saturated heterocycles. The van der Waals surface area contributed by atoms with Crippen molar-refractivity contribution in [3.05, 3.63) is 35.2 Å². The Morgan fingerprint density at radius 3 is 2.89 bits per heavy atom. The molecular formula is C15H17N3O. The first-order valence-electron chi connectivity index (χ1n) is 6.52. The van der Waals surface area contributed by atoms with Gasteiger partial charge in [0.05, 0.1) is 12.3 Å². The van der Waals surface area contributed by atoms with Gasteiger partial charge in [0, 0.05) is 11.1 Å². The second kappa shape index (κ2) is 4.53. The number of anilines is 1. The smallest absolute Gasteiger partial charge is 0.131 e. The first kappa shape index (κ1) is 12.0. The Balaban J connectivity index is 2.23. The molecule has 0 bridgehead atoms. The number of benzene rings is 1. The molecule has 3 rings (SSSR count). The summed E-state index contributed by atoms with van der Waals surface area (Å²) in [6.45, 7) is 4.57. The highest BCUT2D eigenvalue weighted by molar-refractivity contribution is 5.74. The van der Waals surface area contributed by atoms with Gasteiger partial charge in [-0.1, -0.05) is 12.1 Å². The van der Waals surface area contributed by atoms with E-state index >= 15 is 0 Å². The van der Waals surface area contributed by atoms with Gasteiger partial charge in [-0.2, -0.15) is 0 Å². The van der Waals surface area contributed by atoms with Gasteiger partial charge in [0.15, 0.2) is 0 Å². The van der Waals surface area contributed by atoms with E-state index in [0.717, 1.165) is 42.0 Å². The minimum absolute atomic E-state index is 0.538. The van der Waals surface area contributed by atoms with Gasteiger partial charge in [0.25, 0.3) is 0 Å². The van der Waals surface area contributed by atoms with Gasteiger partial charge in [-0.15, -0.1) is 0 Å². The standard InChI is InChI=1S/C15H17N3O/c1-9-13(17-10(2)18-15(9)16)12-7-3-5-11-6-4-8-19-14(11)12/h3,5,7H,4,6,8H2,1-2H3,(H2,16,17,18). The van der Waals surface area contributed by atoms with E-state index in [1.165, 1.54) is 5.56 Å². The van der Waals surface area contributed by atoms with Crippen LogP contribution in [0.4, 0.5) is 5.82 Å². The van der Waals surface area contributed by atoms with Crippen molar-refractivity contribution in [1.82, 2.24) is 9.97 Å². The summed E-state index contributed by atoms with van der Waals surface area (Å²) >= 11 is 0. The highest BCUT2D eigenvalue weighted by Gasteiger charge is 2.18. The maximum absolute atomic E-state index is 5.94. The van der Waals surface area contributed by atoms with E-state index in [2.05, 4.69) is 22.1 Å². The third-order valence-corrected chi connectivity index (χ3v) is 3.48. The lowest BCUT2D eigenvalue weighted by Crippen LogP contribution is -2.10. The van der Waals surface area contributed by atoms with Crippen LogP contribution in [0.2, 0.25) is 0 Å². The molecule has 1 aromatic heterocycles. The molecule has 1 aliphatic rings. The van der Waals surface area contributed by atoms with Crippen molar-refractivity contribution in [3.8, 4) is 17.0 Å². The topological polar surface area (TPSA) is 61.0 Å². The second-order valence-electron chi connectivity index (χ2n) is 4.88. The molecule has 0 fully saturated rings. The fraction of sp³-hybridized carbons (Fsp3) is 0.333. The molecule has 4 nitrogen and oxygen atoms in total. The van der Waals surface area contributed by atoms with Crippen LogP contribution in [-0.4, -0.2) is 16.6 Å². The van der Waals surface area contributed by atoms with Crippen LogP contribution in [0.15, 0.2) is 18.2 Å². The summed E-state index contributed by atoms with van der Waals surface area (Å²) in [5.74, 6) is 2.18. The van der Waals surface area contributed by atoms with E-state index < -0.39 is 0 Å². The molecular weight excluding hydrogens is 238 g/mol. The Labute approximate surface area is 112 Å². The van der Waals surface area contributed by atoms with E-state index in [1.54, 1.807) is 0 Å². The van der Waals surface area contributed by atoms with Crippen molar-refractivity contribution >= 4 is 5.82 Å². The highest BCUT2D eigenvalue weighted by atomic mass is 16.5. The van der Waals surface area contributed by atoms with Gasteiger partial charge in [-0.3, -0.25) is 0 Å². The van der Waals surface area contributed by atoms with E-state index in [-0.39, 0.29) is 0 Å². The fourth-order valence-electron chi connectivity index (χ4n) is 2.49. The largest absolute Gasteiger partial charge is 0.493 e. The van der Waals surface area contributed by atoms with Gasteiger partial charge in [0.2, 0.25) is 0 Å². The van der Waals surface area contributed by atoms with Crippen LogP contribution in [0.3, 0.4) is 0 Å². The third kappa shape index (κ3) is 2.03. The SMILES string of the molecule is Cc1nc(N)c(C)c(-c2cccc3c2OCCC3)n1. The lowest BCUT2D eigenvalue weighted by Gasteiger charge is -2.21. The maximum Gasteiger partial charge on any atom is 0.131 e. The van der Waals surface area contributed by atoms with Crippen LogP contribution < -0.4 is 10.5 Å². The molecule has 2 N–H and O–H groups in total. The zero-order valence-electron chi connectivity index (χ0n) is 11.2. The Morgan fingerprint density at radius 1 is 1.21 bits per heavy atom. The molecule has 0 radical (unpaired) electrons. The van der Waals surface area contributed by atoms with Crippen LogP contribution in [0, 0.1) is 13.8 Å². The molecule has 0 aliphatic carbocycles. The minimum atomic E-state index is 0.538. The number of fused-ring (bicyclic) bond motifs is 1. The number of aryl methyl sites for hydroxylation is 2. The molecule has 0 spiro atoms. The van der Waals surface area contributed by atoms with Gasteiger partial charge in [0.1, 0.15) is 17.4 Å². The molecule has 0 unspecified atom stereocenters. The van der Waals surface area contributed by atoms with E-state index in [9.17, 15) is 0 Å². The number of ether oxygens (including phenoxy) is 1. The third-order valence-electron chi connectivity index (χ3n) is 3.48. The van der Waals surface area contributed by atoms with Crippen LogP contribution >= 0.6 is 0 Å². The maximum atomic E-state index is 5.94. The Morgan fingerprint density at radius 2 is 2.05 bits per heavy atom. The number of para-hydroxylation sites is 1. The number of hydrogen-bond donors (Lipinski definition) is 1. The van der Waals surface area contributed by atoms with Crippen LogP contribution in [0.5, 0.6) is 5.75 Å². The molecule has 19 heavy (non-hydrogen) atoms. The highest BCUT2D eigenvalue weighted by Crippen LogP contribution is 2.37. The Kier molecular flexibility index (Phi) is 2.85. The number of nitrogen functional groups attached to an aromatic ring is 1. The summed E-state index contributed by atoms with van der Waals surface area (Å²) in [5.41, 5.74) is 10.0. The zero-order chi connectivity index (χ0) is 13.4. The summed E-state index contributed by atoms with van der Waals surface area (Å²) in [6.07, 6.45) is 2.13. The molecule has 0 amide bonds. The summed E-state index contributed by atoms with van der Waals surface area (Å²) < 4.78 is 5.84. The lowest BCUT2D eigenvalue weighted by molar-refractivity contribution is 0.289. The predicted octanol–water partition coefficient (Wildman–Crippen LogP) is 2.67. The molecule has 98 valence electrons. The first-order valence-corrected chi connectivity index (χ1v) is 6.52. The fourth-order valence-corrected chi connectivity index (χ4v) is 2.49. The van der Waals surface area contributed by atoms with Crippen molar-refractivity contribution < 1.29 is 4.74 Å². The van der Waals surface area contributed by atoms with Crippen molar-refractivity contribution in [2.75, 3.05) is 12.3 Å². The van der Waals surface area contributed by atoms with Gasteiger partial charge in [-0.05, 0) is 38.3 Å². The number of rotatable bonds is 1. The monoisotopic (exact) mass is 255 g/mol. The average Bonchev–Trinajstić information content (AvgIpc) is 2.42. The summed E-state index contributed by atoms with van der Waals surface area (Å²) in [6, 6.07) is 6.21. The van der Waals surface area contributed by atoms with Gasteiger partial charge < -0.3 is 10.5 Å². The molecule has 1 aliphatic heterocycles. The normalized spacial score (nSPS) is 13.8. The van der Waals surface area contributed by atoms with Crippen LogP contribution in [-0.2, 0) is 6.42 Å². The molecule has 0 atom stereocenters. The summed E-state index contributed by atoms with van der Waals surface area (Å²) in [5, 5.41) is 0. The molecule has 0 saturated carbocycles. The number of nitrogens with zero attached hydrogens (tertiary/aromatic N) is 2. The lowest BCUT2D eigenvalue weighted by atomic mass is 9.98. The number of nitrogens with two attached hydrogens (primary N) is 1. The number of hydrogen-bond acceptors (Lipinski definition) is 4. The summed E-state index contributed by atoms with van der Waals surface area (Å²) in [4.78, 5) is 8.74. The molecule has 2 aromatic rings. The van der Waals surface area contributed by atoms with Crippen molar-refractivity contribution in [2.45, 2.75) is 26.7 Å². The van der Waals surface area contributed by atoms with Crippen molar-refractivity contribution in [3.63, 3.8) is 0 Å². The minimum Gasteiger partial charge on any atom is -0.493 e. The molecule has 4 heteroatoms. The Bertz CT molecular complexity index is 638. The predicted molar refractivity (Wildman–Crippen MR) is 75.2 cm³/mol. The van der Waals surface area contributed by atoms with E-state index in [1.807, 2.05) is 19.9 Å². The van der Waals surface area contributed by atoms with Crippen molar-refractivity contribution in [1.29, 1.82) is 0 Å². The first-order chi connectivity index (χ1) is 9.16. The molecule has 1 aromatic carbocycles.